The molecule has 188 valence electrons. The van der Waals surface area contributed by atoms with Crippen LogP contribution in [-0.4, -0.2) is 28.3 Å². The van der Waals surface area contributed by atoms with Gasteiger partial charge in [0, 0.05) is 30.0 Å². The summed E-state index contributed by atoms with van der Waals surface area (Å²) in [5.74, 6) is 0.308. The molecule has 37 heavy (non-hydrogen) atoms. The molecule has 2 amide bonds. The summed E-state index contributed by atoms with van der Waals surface area (Å²) in [5.41, 5.74) is 11.2. The van der Waals surface area contributed by atoms with Gasteiger partial charge in [0.25, 0.3) is 11.8 Å². The molecule has 0 unspecified atom stereocenters. The number of aromatic nitrogens is 2. The minimum absolute atomic E-state index is 0.0798. The van der Waals surface area contributed by atoms with Crippen molar-refractivity contribution in [3.8, 4) is 11.3 Å². The summed E-state index contributed by atoms with van der Waals surface area (Å²) in [5, 5.41) is 3.00. The highest BCUT2D eigenvalue weighted by Gasteiger charge is 2.22. The van der Waals surface area contributed by atoms with E-state index in [9.17, 15) is 9.59 Å². The summed E-state index contributed by atoms with van der Waals surface area (Å²) in [7, 11) is 0. The fourth-order valence-corrected chi connectivity index (χ4v) is 4.39. The van der Waals surface area contributed by atoms with Gasteiger partial charge in [0.1, 0.15) is 11.5 Å². The Labute approximate surface area is 215 Å². The molecule has 1 aliphatic heterocycles. The number of nitrogens with two attached hydrogens (primary N) is 1. The molecular formula is C29H29N5O3. The molecule has 0 fully saturated rings. The lowest BCUT2D eigenvalue weighted by Crippen LogP contribution is -2.32. The van der Waals surface area contributed by atoms with Gasteiger partial charge >= 0.3 is 0 Å². The first kappa shape index (κ1) is 24.2. The van der Waals surface area contributed by atoms with Crippen molar-refractivity contribution in [2.24, 2.45) is 5.73 Å². The number of hydrogen-bond acceptors (Lipinski definition) is 6. The number of hydrogen-bond donors (Lipinski definition) is 2. The van der Waals surface area contributed by atoms with E-state index in [0.717, 1.165) is 24.2 Å². The lowest BCUT2D eigenvalue weighted by atomic mass is 10.0. The molecule has 0 bridgehead atoms. The number of nitrogens with one attached hydrogen (secondary N) is 1. The molecule has 8 nitrogen and oxygen atoms in total. The number of primary amides is 1. The molecule has 3 heterocycles. The van der Waals surface area contributed by atoms with Gasteiger partial charge < -0.3 is 20.4 Å². The van der Waals surface area contributed by atoms with Gasteiger partial charge in [-0.25, -0.2) is 9.97 Å². The molecule has 0 saturated heterocycles. The lowest BCUT2D eigenvalue weighted by molar-refractivity contribution is 0.0973. The number of furan rings is 1. The van der Waals surface area contributed by atoms with Crippen LogP contribution in [0.5, 0.6) is 0 Å². The quantitative estimate of drug-likeness (QED) is 0.385. The second kappa shape index (κ2) is 9.89. The Morgan fingerprint density at radius 3 is 2.54 bits per heavy atom. The number of benzene rings is 2. The van der Waals surface area contributed by atoms with E-state index in [4.69, 9.17) is 15.1 Å². The van der Waals surface area contributed by atoms with Gasteiger partial charge in [-0.3, -0.25) is 9.59 Å². The number of aryl methyl sites for hydroxylation is 1. The number of nitrogens with zero attached hydrogens (tertiary/aromatic N) is 3. The van der Waals surface area contributed by atoms with E-state index in [1.165, 1.54) is 17.2 Å². The highest BCUT2D eigenvalue weighted by atomic mass is 16.3. The maximum absolute atomic E-state index is 13.4. The Kier molecular flexibility index (Phi) is 6.48. The minimum atomic E-state index is -0.635. The smallest absolute Gasteiger partial charge is 0.284 e. The molecule has 1 aliphatic rings. The molecule has 0 atom stereocenters. The van der Waals surface area contributed by atoms with E-state index in [-0.39, 0.29) is 17.6 Å². The second-order valence-corrected chi connectivity index (χ2v) is 9.58. The highest BCUT2D eigenvalue weighted by Crippen LogP contribution is 2.28. The third-order valence-corrected chi connectivity index (χ3v) is 6.59. The molecule has 0 saturated carbocycles. The summed E-state index contributed by atoms with van der Waals surface area (Å²) in [6.45, 7) is 7.51. The van der Waals surface area contributed by atoms with E-state index >= 15 is 0 Å². The molecule has 0 radical (unpaired) electrons. The Bertz CT molecular complexity index is 1490. The summed E-state index contributed by atoms with van der Waals surface area (Å²) < 4.78 is 5.55. The van der Waals surface area contributed by atoms with Crippen molar-refractivity contribution >= 4 is 23.5 Å². The van der Waals surface area contributed by atoms with Crippen LogP contribution < -0.4 is 16.0 Å². The molecule has 8 heteroatoms. The zero-order valence-electron chi connectivity index (χ0n) is 21.1. The average Bonchev–Trinajstić information content (AvgIpc) is 3.40. The minimum Gasteiger partial charge on any atom is -0.451 e. The van der Waals surface area contributed by atoms with Crippen LogP contribution >= 0.6 is 0 Å². The van der Waals surface area contributed by atoms with Crippen LogP contribution in [0.25, 0.3) is 11.3 Å². The van der Waals surface area contributed by atoms with Crippen molar-refractivity contribution in [1.82, 2.24) is 9.97 Å². The van der Waals surface area contributed by atoms with Crippen LogP contribution in [0.4, 0.5) is 11.6 Å². The fourth-order valence-electron chi connectivity index (χ4n) is 4.39. The number of amides is 2. The largest absolute Gasteiger partial charge is 0.451 e. The summed E-state index contributed by atoms with van der Waals surface area (Å²) in [6, 6.07) is 18.9. The Hall–Kier alpha value is -4.46. The average molecular weight is 496 g/mol. The van der Waals surface area contributed by atoms with E-state index in [2.05, 4.69) is 47.2 Å². The number of carbonyl (C=O) groups excluding carboxylic acids is 2. The zero-order chi connectivity index (χ0) is 26.1. The van der Waals surface area contributed by atoms with Crippen molar-refractivity contribution in [1.29, 1.82) is 0 Å². The highest BCUT2D eigenvalue weighted by molar-refractivity contribution is 6.04. The number of rotatable bonds is 6. The van der Waals surface area contributed by atoms with Gasteiger partial charge in [0.15, 0.2) is 5.76 Å². The van der Waals surface area contributed by atoms with Crippen LogP contribution in [0, 0.1) is 6.92 Å². The molecule has 0 aliphatic carbocycles. The van der Waals surface area contributed by atoms with Gasteiger partial charge in [0.2, 0.25) is 5.95 Å². The summed E-state index contributed by atoms with van der Waals surface area (Å²) in [6.07, 6.45) is 0.906. The molecular weight excluding hydrogens is 466 g/mol. The third-order valence-electron chi connectivity index (χ3n) is 6.59. The first-order valence-corrected chi connectivity index (χ1v) is 12.3. The Balaban J connectivity index is 1.43. The zero-order valence-corrected chi connectivity index (χ0v) is 21.1. The molecule has 3 N–H and O–H groups in total. The molecule has 5 rings (SSSR count). The first-order chi connectivity index (χ1) is 17.8. The fraction of sp³-hybridized carbons (Fsp3) is 0.241. The maximum Gasteiger partial charge on any atom is 0.284 e. The third kappa shape index (κ3) is 5.09. The SMILES string of the molecule is Cc1ccc(-c2ccc(C(N)=O)o2)cc1NC(=O)c1cc(C(C)C)nc(N2CCc3ccccc3C2)n1. The first-order valence-electron chi connectivity index (χ1n) is 12.3. The predicted octanol–water partition coefficient (Wildman–Crippen LogP) is 5.08. The van der Waals surface area contributed by atoms with Gasteiger partial charge in [0.05, 0.1) is 0 Å². The summed E-state index contributed by atoms with van der Waals surface area (Å²) in [4.78, 5) is 36.4. The standard InChI is InChI=1S/C29H29N5O3/c1-17(2)22-15-24(33-29(32-22)34-13-12-19-6-4-5-7-21(19)16-34)28(36)31-23-14-20(9-8-18(23)3)25-10-11-26(37-25)27(30)35/h4-11,14-15,17H,12-13,16H2,1-3H3,(H2,30,35)(H,31,36). The molecule has 2 aromatic heterocycles. The van der Waals surface area contributed by atoms with E-state index < -0.39 is 5.91 Å². The van der Waals surface area contributed by atoms with E-state index in [0.29, 0.717) is 35.2 Å². The molecule has 2 aromatic carbocycles. The van der Waals surface area contributed by atoms with E-state index in [1.54, 1.807) is 12.1 Å². The number of carbonyl (C=O) groups is 2. The van der Waals surface area contributed by atoms with E-state index in [1.807, 2.05) is 31.2 Å². The van der Waals surface area contributed by atoms with Crippen molar-refractivity contribution in [2.45, 2.75) is 39.7 Å². The van der Waals surface area contributed by atoms with Gasteiger partial charge in [-0.1, -0.05) is 50.2 Å². The van der Waals surface area contributed by atoms with Crippen LogP contribution in [-0.2, 0) is 13.0 Å². The monoisotopic (exact) mass is 495 g/mol. The topological polar surface area (TPSA) is 114 Å². The maximum atomic E-state index is 13.4. The normalized spacial score (nSPS) is 12.9. The second-order valence-electron chi connectivity index (χ2n) is 9.58. The van der Waals surface area contributed by atoms with Gasteiger partial charge in [-0.05, 0) is 60.2 Å². The van der Waals surface area contributed by atoms with Crippen molar-refractivity contribution in [3.63, 3.8) is 0 Å². The van der Waals surface area contributed by atoms with Crippen molar-refractivity contribution in [2.75, 3.05) is 16.8 Å². The van der Waals surface area contributed by atoms with Crippen LogP contribution in [0.2, 0.25) is 0 Å². The van der Waals surface area contributed by atoms with Crippen molar-refractivity contribution < 1.29 is 14.0 Å². The van der Waals surface area contributed by atoms with Crippen LogP contribution in [0.15, 0.2) is 65.1 Å². The molecule has 0 spiro atoms. The predicted molar refractivity (Wildman–Crippen MR) is 143 cm³/mol. The Morgan fingerprint density at radius 2 is 1.81 bits per heavy atom. The summed E-state index contributed by atoms with van der Waals surface area (Å²) >= 11 is 0. The Morgan fingerprint density at radius 1 is 1.03 bits per heavy atom. The van der Waals surface area contributed by atoms with Crippen molar-refractivity contribution in [3.05, 3.63) is 94.5 Å². The van der Waals surface area contributed by atoms with Crippen LogP contribution in [0.3, 0.4) is 0 Å². The lowest BCUT2D eigenvalue weighted by Gasteiger charge is -2.29. The number of anilines is 2. The van der Waals surface area contributed by atoms with Gasteiger partial charge in [-0.2, -0.15) is 0 Å². The molecule has 4 aromatic rings. The van der Waals surface area contributed by atoms with Crippen LogP contribution in [0.1, 0.15) is 63.2 Å². The number of fused-ring (bicyclic) bond motifs is 1. The van der Waals surface area contributed by atoms with Gasteiger partial charge in [-0.15, -0.1) is 0 Å².